The van der Waals surface area contributed by atoms with Crippen LogP contribution in [0.15, 0.2) is 30.3 Å². The van der Waals surface area contributed by atoms with Crippen LogP contribution in [0.2, 0.25) is 0 Å². The summed E-state index contributed by atoms with van der Waals surface area (Å²) in [5, 5.41) is 0. The molecule has 0 heterocycles. The van der Waals surface area contributed by atoms with Crippen LogP contribution in [0.1, 0.15) is 10.4 Å². The topological polar surface area (TPSA) is 17.1 Å². The average molecular weight is 267 g/mol. The van der Waals surface area contributed by atoms with Gasteiger partial charge in [-0.25, -0.2) is 0 Å². The summed E-state index contributed by atoms with van der Waals surface area (Å²) in [6.07, 6.45) is 0. The normalized spacial score (nSPS) is 9.70. The van der Waals surface area contributed by atoms with E-state index in [1.54, 1.807) is 12.1 Å². The molecule has 0 fully saturated rings. The molecule has 10 heavy (non-hydrogen) atoms. The molecule has 0 saturated heterocycles. The third-order valence-corrected chi connectivity index (χ3v) is 2.93. The summed E-state index contributed by atoms with van der Waals surface area (Å²) in [5.74, 6) is 0. The first kappa shape index (κ1) is 8.01. The Bertz CT molecular complexity index is 222. The maximum absolute atomic E-state index is 10.9. The van der Waals surface area contributed by atoms with Crippen LogP contribution in [-0.2, 0) is 0 Å². The van der Waals surface area contributed by atoms with Gasteiger partial charge in [-0.15, -0.1) is 0 Å². The summed E-state index contributed by atoms with van der Waals surface area (Å²) in [4.78, 5) is 10.9. The molecule has 0 bridgehead atoms. The van der Waals surface area contributed by atoms with Crippen LogP contribution in [0.25, 0.3) is 0 Å². The SMILES string of the molecule is O=C([I-]Cl)c1ccccc1. The molecule has 0 aliphatic rings. The summed E-state index contributed by atoms with van der Waals surface area (Å²) in [6, 6.07) is 9.12. The molecule has 0 spiro atoms. The van der Waals surface area contributed by atoms with Crippen LogP contribution in [0.3, 0.4) is 0 Å². The Balaban J connectivity index is 2.85. The van der Waals surface area contributed by atoms with Crippen LogP contribution >= 0.6 is 8.91 Å². The molecule has 0 aliphatic heterocycles. The number of hydrogen-bond acceptors (Lipinski definition) is 1. The van der Waals surface area contributed by atoms with E-state index in [0.29, 0.717) is 0 Å². The summed E-state index contributed by atoms with van der Waals surface area (Å²) < 4.78 is 0.0843. The van der Waals surface area contributed by atoms with Gasteiger partial charge in [-0.2, -0.15) is 0 Å². The van der Waals surface area contributed by atoms with Crippen LogP contribution < -0.4 is 20.1 Å². The third-order valence-electron chi connectivity index (χ3n) is 1.07. The Morgan fingerprint density at radius 3 is 2.40 bits per heavy atom. The molecule has 0 unspecified atom stereocenters. The fourth-order valence-corrected chi connectivity index (χ4v) is 1.76. The number of rotatable bonds is 2. The first-order chi connectivity index (χ1) is 4.84. The number of hydrogen-bond donors (Lipinski definition) is 0. The third kappa shape index (κ3) is 1.95. The van der Waals surface area contributed by atoms with Gasteiger partial charge in [0.15, 0.2) is 0 Å². The van der Waals surface area contributed by atoms with Crippen LogP contribution in [0.5, 0.6) is 0 Å². The molecule has 1 nitrogen and oxygen atoms in total. The van der Waals surface area contributed by atoms with E-state index in [4.69, 9.17) is 8.91 Å². The van der Waals surface area contributed by atoms with Gasteiger partial charge >= 0.3 is 73.5 Å². The van der Waals surface area contributed by atoms with Gasteiger partial charge in [0.1, 0.15) is 0 Å². The van der Waals surface area contributed by atoms with E-state index in [0.717, 1.165) is 5.56 Å². The number of halogens is 2. The zero-order valence-electron chi connectivity index (χ0n) is 5.05. The van der Waals surface area contributed by atoms with E-state index in [2.05, 4.69) is 0 Å². The molecule has 1 aromatic rings. The van der Waals surface area contributed by atoms with E-state index in [1.807, 2.05) is 18.2 Å². The van der Waals surface area contributed by atoms with Crippen molar-refractivity contribution in [1.29, 1.82) is 0 Å². The zero-order chi connectivity index (χ0) is 7.40. The van der Waals surface area contributed by atoms with Gasteiger partial charge in [0, 0.05) is 0 Å². The van der Waals surface area contributed by atoms with Crippen molar-refractivity contribution in [2.45, 2.75) is 0 Å². The molecule has 3 heteroatoms. The van der Waals surface area contributed by atoms with Crippen molar-refractivity contribution in [2.75, 3.05) is 0 Å². The minimum absolute atomic E-state index is 0.0843. The first-order valence-corrected chi connectivity index (χ1v) is 6.51. The molecular weight excluding hydrogens is 262 g/mol. The number of carbonyl (C=O) groups excluding carboxylic acids is 1. The second-order valence-corrected chi connectivity index (χ2v) is 4.06. The van der Waals surface area contributed by atoms with Gasteiger partial charge in [-0.1, -0.05) is 0 Å². The molecule has 1 rings (SSSR count). The summed E-state index contributed by atoms with van der Waals surface area (Å²) in [6.45, 7) is 0. The fourth-order valence-electron chi connectivity index (χ4n) is 0.610. The van der Waals surface area contributed by atoms with Gasteiger partial charge in [0.05, 0.1) is 0 Å². The molecular formula is C7H5ClIO-. The van der Waals surface area contributed by atoms with Crippen LogP contribution in [-0.4, -0.2) is 3.79 Å². The predicted octanol–water partition coefficient (Wildman–Crippen LogP) is -0.930. The quantitative estimate of drug-likeness (QED) is 0.500. The van der Waals surface area contributed by atoms with Gasteiger partial charge in [-0.05, 0) is 0 Å². The predicted molar refractivity (Wildman–Crippen MR) is 36.6 cm³/mol. The maximum atomic E-state index is 10.9. The van der Waals surface area contributed by atoms with Crippen molar-refractivity contribution in [2.24, 2.45) is 0 Å². The van der Waals surface area contributed by atoms with Gasteiger partial charge in [-0.3, -0.25) is 0 Å². The van der Waals surface area contributed by atoms with Crippen molar-refractivity contribution in [3.8, 4) is 0 Å². The average Bonchev–Trinajstić information content (AvgIpc) is 2.05. The molecule has 0 amide bonds. The molecule has 0 radical (unpaired) electrons. The molecule has 54 valence electrons. The van der Waals surface area contributed by atoms with Crippen LogP contribution in [0.4, 0.5) is 0 Å². The van der Waals surface area contributed by atoms with E-state index < -0.39 is 20.1 Å². The molecule has 0 aromatic heterocycles. The molecule has 0 N–H and O–H groups in total. The summed E-state index contributed by atoms with van der Waals surface area (Å²) >= 11 is -0.801. The van der Waals surface area contributed by atoms with Gasteiger partial charge < -0.3 is 0 Å². The van der Waals surface area contributed by atoms with Gasteiger partial charge in [0.2, 0.25) is 0 Å². The van der Waals surface area contributed by atoms with Crippen molar-refractivity contribution in [1.82, 2.24) is 0 Å². The summed E-state index contributed by atoms with van der Waals surface area (Å²) in [5.41, 5.74) is 0.727. The number of benzene rings is 1. The molecule has 0 aliphatic carbocycles. The monoisotopic (exact) mass is 267 g/mol. The van der Waals surface area contributed by atoms with E-state index >= 15 is 0 Å². The second-order valence-electron chi connectivity index (χ2n) is 1.71. The number of carbonyl (C=O) groups is 1. The minimum atomic E-state index is -0.801. The Morgan fingerprint density at radius 1 is 1.30 bits per heavy atom. The van der Waals surface area contributed by atoms with Crippen molar-refractivity contribution < 1.29 is 24.9 Å². The Hall–Kier alpha value is -0.0900. The van der Waals surface area contributed by atoms with Crippen LogP contribution in [0, 0.1) is 0 Å². The van der Waals surface area contributed by atoms with Crippen molar-refractivity contribution in [3.05, 3.63) is 35.9 Å². The zero-order valence-corrected chi connectivity index (χ0v) is 7.96. The molecule has 0 saturated carbocycles. The van der Waals surface area contributed by atoms with Crippen molar-refractivity contribution >= 4 is 12.7 Å². The van der Waals surface area contributed by atoms with E-state index in [-0.39, 0.29) is 3.79 Å². The summed E-state index contributed by atoms with van der Waals surface area (Å²) in [7, 11) is 5.45. The first-order valence-electron chi connectivity index (χ1n) is 2.70. The molecule has 0 atom stereocenters. The van der Waals surface area contributed by atoms with E-state index in [9.17, 15) is 4.79 Å². The molecule has 1 aromatic carbocycles. The van der Waals surface area contributed by atoms with Crippen molar-refractivity contribution in [3.63, 3.8) is 0 Å². The fraction of sp³-hybridized carbons (Fsp3) is 0. The second kappa shape index (κ2) is 3.93. The Labute approximate surface area is 73.4 Å². The Kier molecular flexibility index (Phi) is 3.15. The van der Waals surface area contributed by atoms with E-state index in [1.165, 1.54) is 0 Å². The van der Waals surface area contributed by atoms with Gasteiger partial charge in [0.25, 0.3) is 0 Å². The standard InChI is InChI=1S/C7H5ClIO/c8-9-7(10)6-4-2-1-3-5-6/h1-5H/q-1. The Morgan fingerprint density at radius 2 is 1.90 bits per heavy atom.